The molecule has 0 fully saturated rings. The zero-order valence-electron chi connectivity index (χ0n) is 17.4. The van der Waals surface area contributed by atoms with E-state index < -0.39 is 5.97 Å². The van der Waals surface area contributed by atoms with Crippen LogP contribution in [0.3, 0.4) is 0 Å². The number of methoxy groups -OCH3 is 1. The van der Waals surface area contributed by atoms with Gasteiger partial charge in [-0.25, -0.2) is 0 Å². The van der Waals surface area contributed by atoms with E-state index in [0.717, 1.165) is 11.1 Å². The Morgan fingerprint density at radius 1 is 1.13 bits per heavy atom. The van der Waals surface area contributed by atoms with Gasteiger partial charge >= 0.3 is 5.97 Å². The van der Waals surface area contributed by atoms with Gasteiger partial charge < -0.3 is 18.7 Å². The molecule has 7 nitrogen and oxygen atoms in total. The molecule has 2 aromatic carbocycles. The normalized spacial score (nSPS) is 13.8. The van der Waals surface area contributed by atoms with Crippen LogP contribution in [0.25, 0.3) is 6.08 Å². The first-order chi connectivity index (χ1) is 14.9. The van der Waals surface area contributed by atoms with Crippen molar-refractivity contribution in [3.8, 4) is 17.4 Å². The second-order valence-corrected chi connectivity index (χ2v) is 7.23. The van der Waals surface area contributed by atoms with E-state index in [4.69, 9.17) is 18.7 Å². The Morgan fingerprint density at radius 3 is 2.61 bits per heavy atom. The Labute approximate surface area is 179 Å². The van der Waals surface area contributed by atoms with E-state index in [1.54, 1.807) is 31.2 Å². The van der Waals surface area contributed by atoms with E-state index in [1.165, 1.54) is 7.11 Å². The van der Waals surface area contributed by atoms with Crippen LogP contribution in [0.2, 0.25) is 0 Å². The first-order valence-corrected chi connectivity index (χ1v) is 9.79. The third-order valence-corrected chi connectivity index (χ3v) is 4.96. The number of nitrogens with zero attached hydrogens (tertiary/aromatic N) is 1. The minimum Gasteiger partial charge on any atom is -0.479 e. The number of fused-ring (bicyclic) bond motifs is 1. The number of carbonyl (C=O) groups is 2. The maximum atomic E-state index is 12.7. The molecule has 158 valence electrons. The number of Topliss-reactive ketones (excluding diaryl/α,β-unsaturated/α-hetero) is 1. The maximum absolute atomic E-state index is 12.7. The smallest absolute Gasteiger partial charge is 0.311 e. The molecule has 1 aliphatic rings. The zero-order chi connectivity index (χ0) is 22.0. The van der Waals surface area contributed by atoms with Crippen molar-refractivity contribution in [3.05, 3.63) is 76.2 Å². The Morgan fingerprint density at radius 2 is 1.90 bits per heavy atom. The number of benzene rings is 2. The molecule has 31 heavy (non-hydrogen) atoms. The van der Waals surface area contributed by atoms with E-state index >= 15 is 0 Å². The number of aryl methyl sites for hydroxylation is 2. The number of ether oxygens (including phenoxy) is 3. The molecule has 0 radical (unpaired) electrons. The van der Waals surface area contributed by atoms with Crippen molar-refractivity contribution in [1.29, 1.82) is 0 Å². The minimum absolute atomic E-state index is 0.104. The summed E-state index contributed by atoms with van der Waals surface area (Å²) in [7, 11) is 1.49. The Hall–Kier alpha value is -3.87. The van der Waals surface area contributed by atoms with Crippen LogP contribution in [0.1, 0.15) is 39.2 Å². The fraction of sp³-hybridized carbons (Fsp3) is 0.208. The van der Waals surface area contributed by atoms with Crippen LogP contribution in [0.4, 0.5) is 0 Å². The average Bonchev–Trinajstić information content (AvgIpc) is 3.35. The van der Waals surface area contributed by atoms with E-state index in [0.29, 0.717) is 40.7 Å². The van der Waals surface area contributed by atoms with Gasteiger partial charge in [-0.3, -0.25) is 9.59 Å². The van der Waals surface area contributed by atoms with Crippen molar-refractivity contribution in [2.45, 2.75) is 26.7 Å². The summed E-state index contributed by atoms with van der Waals surface area (Å²) >= 11 is 0. The molecule has 7 heteroatoms. The molecule has 0 N–H and O–H groups in total. The summed E-state index contributed by atoms with van der Waals surface area (Å²) in [5.41, 5.74) is 3.04. The predicted molar refractivity (Wildman–Crippen MR) is 112 cm³/mol. The van der Waals surface area contributed by atoms with E-state index in [2.05, 4.69) is 5.16 Å². The van der Waals surface area contributed by atoms with Gasteiger partial charge in [0, 0.05) is 18.1 Å². The molecule has 0 unspecified atom stereocenters. The number of esters is 1. The van der Waals surface area contributed by atoms with Gasteiger partial charge in [0.2, 0.25) is 5.78 Å². The Kier molecular flexibility index (Phi) is 5.58. The molecular weight excluding hydrogens is 398 g/mol. The highest BCUT2D eigenvalue weighted by Crippen LogP contribution is 2.39. The highest BCUT2D eigenvalue weighted by Gasteiger charge is 2.30. The lowest BCUT2D eigenvalue weighted by molar-refractivity contribution is -0.134. The van der Waals surface area contributed by atoms with Crippen molar-refractivity contribution in [1.82, 2.24) is 5.16 Å². The lowest BCUT2D eigenvalue weighted by Gasteiger charge is -2.09. The summed E-state index contributed by atoms with van der Waals surface area (Å²) in [5.74, 6) is 1.25. The zero-order valence-corrected chi connectivity index (χ0v) is 17.4. The average molecular weight is 419 g/mol. The van der Waals surface area contributed by atoms with E-state index in [1.807, 2.05) is 31.2 Å². The molecule has 0 spiro atoms. The molecule has 1 aliphatic heterocycles. The van der Waals surface area contributed by atoms with Crippen molar-refractivity contribution < 1.29 is 28.3 Å². The molecule has 3 aromatic rings. The summed E-state index contributed by atoms with van der Waals surface area (Å²) < 4.78 is 21.3. The number of carbonyl (C=O) groups excluding carboxylic acids is 2. The summed E-state index contributed by atoms with van der Waals surface area (Å²) in [6.07, 6.45) is 2.14. The number of rotatable bonds is 6. The first-order valence-electron chi connectivity index (χ1n) is 9.79. The highest BCUT2D eigenvalue weighted by atomic mass is 16.5. The van der Waals surface area contributed by atoms with Gasteiger partial charge in [0.05, 0.1) is 19.1 Å². The summed E-state index contributed by atoms with van der Waals surface area (Å²) in [6.45, 7) is 3.75. The molecule has 1 aromatic heterocycles. The number of hydrogen-bond acceptors (Lipinski definition) is 7. The van der Waals surface area contributed by atoms with Gasteiger partial charge in [-0.15, -0.1) is 0 Å². The van der Waals surface area contributed by atoms with Crippen molar-refractivity contribution in [3.63, 3.8) is 0 Å². The molecule has 0 saturated carbocycles. The topological polar surface area (TPSA) is 87.9 Å². The lowest BCUT2D eigenvalue weighted by Crippen LogP contribution is -2.10. The fourth-order valence-electron chi connectivity index (χ4n) is 3.20. The van der Waals surface area contributed by atoms with Crippen LogP contribution in [-0.2, 0) is 11.2 Å². The van der Waals surface area contributed by atoms with Crippen LogP contribution in [0, 0.1) is 13.8 Å². The van der Waals surface area contributed by atoms with Gasteiger partial charge in [-0.2, -0.15) is 0 Å². The maximum Gasteiger partial charge on any atom is 0.311 e. The summed E-state index contributed by atoms with van der Waals surface area (Å²) in [4.78, 5) is 25.0. The summed E-state index contributed by atoms with van der Waals surface area (Å²) in [6, 6.07) is 12.6. The predicted octanol–water partition coefficient (Wildman–Crippen LogP) is 4.45. The largest absolute Gasteiger partial charge is 0.479 e. The quantitative estimate of drug-likeness (QED) is 0.331. The molecule has 0 bridgehead atoms. The van der Waals surface area contributed by atoms with Crippen LogP contribution >= 0.6 is 0 Å². The first kappa shape index (κ1) is 20.4. The van der Waals surface area contributed by atoms with Crippen molar-refractivity contribution in [2.24, 2.45) is 0 Å². The van der Waals surface area contributed by atoms with Crippen molar-refractivity contribution in [2.75, 3.05) is 7.11 Å². The highest BCUT2D eigenvalue weighted by molar-refractivity contribution is 6.15. The second kappa shape index (κ2) is 8.47. The van der Waals surface area contributed by atoms with Crippen LogP contribution < -0.4 is 14.2 Å². The van der Waals surface area contributed by atoms with Gasteiger partial charge in [0.15, 0.2) is 5.76 Å². The van der Waals surface area contributed by atoms with E-state index in [9.17, 15) is 9.59 Å². The number of aromatic nitrogens is 1. The summed E-state index contributed by atoms with van der Waals surface area (Å²) in [5, 5.41) is 3.70. The van der Waals surface area contributed by atoms with Gasteiger partial charge in [-0.05, 0) is 42.8 Å². The number of hydrogen-bond donors (Lipinski definition) is 0. The molecule has 0 amide bonds. The third kappa shape index (κ3) is 4.35. The van der Waals surface area contributed by atoms with Crippen LogP contribution in [-0.4, -0.2) is 24.0 Å². The second-order valence-electron chi connectivity index (χ2n) is 7.23. The van der Waals surface area contributed by atoms with Crippen LogP contribution in [0.5, 0.6) is 17.4 Å². The molecule has 0 aliphatic carbocycles. The van der Waals surface area contributed by atoms with Gasteiger partial charge in [0.25, 0.3) is 5.88 Å². The molecule has 0 saturated heterocycles. The molecule has 4 rings (SSSR count). The van der Waals surface area contributed by atoms with Crippen molar-refractivity contribution >= 4 is 17.8 Å². The van der Waals surface area contributed by atoms with E-state index in [-0.39, 0.29) is 18.0 Å². The molecule has 2 heterocycles. The minimum atomic E-state index is -0.432. The van der Waals surface area contributed by atoms with Crippen LogP contribution in [0.15, 0.2) is 52.7 Å². The van der Waals surface area contributed by atoms with Gasteiger partial charge in [0.1, 0.15) is 17.3 Å². The molecular formula is C24H21NO6. The fourth-order valence-corrected chi connectivity index (χ4v) is 3.20. The SMILES string of the molecule is COc1cc(CCC(=O)Oc2ccc3c(c2C)O/C(=C\c2ccc(C)cc2)C3=O)on1. The lowest BCUT2D eigenvalue weighted by atomic mass is 10.1. The Bertz CT molecular complexity index is 1170. The molecule has 0 atom stereocenters. The third-order valence-electron chi connectivity index (χ3n) is 4.96. The number of allylic oxidation sites excluding steroid dienone is 1. The standard InChI is InChI=1S/C24H21NO6/c1-14-4-6-16(7-5-14)12-20-23(27)18-9-10-19(15(2)24(18)30-20)29-22(26)11-8-17-13-21(28-3)25-31-17/h4-7,9-10,12-13H,8,11H2,1-3H3/b20-12-. The number of ketones is 1. The monoisotopic (exact) mass is 419 g/mol. The Balaban J connectivity index is 1.46. The van der Waals surface area contributed by atoms with Gasteiger partial charge in [-0.1, -0.05) is 29.8 Å².